The fraction of sp³-hybridized carbons (Fsp3) is 0.875. The Morgan fingerprint density at radius 1 is 1.75 bits per heavy atom. The lowest BCUT2D eigenvalue weighted by Gasteiger charge is -2.31. The quantitative estimate of drug-likeness (QED) is 0.550. The van der Waals surface area contributed by atoms with Crippen molar-refractivity contribution in [1.82, 2.24) is 4.90 Å². The van der Waals surface area contributed by atoms with Crippen LogP contribution in [0.1, 0.15) is 19.8 Å². The molecule has 4 nitrogen and oxygen atoms in total. The number of amides is 1. The summed E-state index contributed by atoms with van der Waals surface area (Å²) in [6, 6.07) is -0.449. The number of likely N-dealkylation sites (tertiary alicyclic amines) is 1. The van der Waals surface area contributed by atoms with Crippen LogP contribution in [0.3, 0.4) is 0 Å². The molecule has 1 rings (SSSR count). The standard InChI is InChI=1S/C8H16N2O2/c1-6(9)8(12)10-4-2-3-7(11)5-10/h6-7,11H,2-5,9H2,1H3/t6?,7-/m0/s1. The van der Waals surface area contributed by atoms with Crippen LogP contribution in [0.15, 0.2) is 0 Å². The molecule has 2 atom stereocenters. The zero-order valence-corrected chi connectivity index (χ0v) is 7.36. The van der Waals surface area contributed by atoms with E-state index in [0.717, 1.165) is 19.4 Å². The predicted octanol–water partition coefficient (Wildman–Crippen LogP) is -0.683. The van der Waals surface area contributed by atoms with E-state index in [2.05, 4.69) is 0 Å². The Labute approximate surface area is 72.3 Å². The van der Waals surface area contributed by atoms with Crippen molar-refractivity contribution in [1.29, 1.82) is 0 Å². The van der Waals surface area contributed by atoms with Crippen molar-refractivity contribution in [3.63, 3.8) is 0 Å². The number of aliphatic hydroxyl groups is 1. The van der Waals surface area contributed by atoms with Gasteiger partial charge in [-0.2, -0.15) is 0 Å². The molecule has 3 N–H and O–H groups in total. The number of piperidine rings is 1. The topological polar surface area (TPSA) is 66.6 Å². The first kappa shape index (κ1) is 9.48. The summed E-state index contributed by atoms with van der Waals surface area (Å²) in [5.74, 6) is -0.0613. The number of rotatable bonds is 1. The third-order valence-corrected chi connectivity index (χ3v) is 2.10. The third-order valence-electron chi connectivity index (χ3n) is 2.10. The second kappa shape index (κ2) is 3.87. The van der Waals surface area contributed by atoms with E-state index in [4.69, 9.17) is 5.73 Å². The van der Waals surface area contributed by atoms with Gasteiger partial charge < -0.3 is 15.7 Å². The SMILES string of the molecule is CC(N)C(=O)N1CCC[C@H](O)C1. The maximum absolute atomic E-state index is 11.3. The Morgan fingerprint density at radius 3 is 2.92 bits per heavy atom. The van der Waals surface area contributed by atoms with Gasteiger partial charge in [-0.1, -0.05) is 0 Å². The molecule has 0 saturated carbocycles. The second-order valence-corrected chi connectivity index (χ2v) is 3.37. The van der Waals surface area contributed by atoms with Gasteiger partial charge in [-0.05, 0) is 19.8 Å². The van der Waals surface area contributed by atoms with Gasteiger partial charge >= 0.3 is 0 Å². The molecule has 4 heteroatoms. The number of nitrogens with two attached hydrogens (primary N) is 1. The molecule has 1 aliphatic rings. The average molecular weight is 172 g/mol. The van der Waals surface area contributed by atoms with E-state index in [9.17, 15) is 9.90 Å². The lowest BCUT2D eigenvalue weighted by molar-refractivity contribution is -0.135. The first-order chi connectivity index (χ1) is 5.61. The molecule has 1 amide bonds. The van der Waals surface area contributed by atoms with Gasteiger partial charge in [-0.15, -0.1) is 0 Å². The molecule has 0 radical (unpaired) electrons. The number of aliphatic hydroxyl groups excluding tert-OH is 1. The van der Waals surface area contributed by atoms with Crippen LogP contribution < -0.4 is 5.73 Å². The highest BCUT2D eigenvalue weighted by molar-refractivity contribution is 5.81. The van der Waals surface area contributed by atoms with Crippen LogP contribution in [0.25, 0.3) is 0 Å². The minimum absolute atomic E-state index is 0.0613. The molecule has 0 bridgehead atoms. The number of hydrogen-bond donors (Lipinski definition) is 2. The smallest absolute Gasteiger partial charge is 0.239 e. The van der Waals surface area contributed by atoms with Crippen molar-refractivity contribution < 1.29 is 9.90 Å². The van der Waals surface area contributed by atoms with Crippen LogP contribution in [0, 0.1) is 0 Å². The van der Waals surface area contributed by atoms with Gasteiger partial charge in [-0.25, -0.2) is 0 Å². The highest BCUT2D eigenvalue weighted by Gasteiger charge is 2.23. The molecule has 1 unspecified atom stereocenters. The van der Waals surface area contributed by atoms with Crippen LogP contribution >= 0.6 is 0 Å². The molecule has 1 aliphatic heterocycles. The molecule has 0 aromatic heterocycles. The molecule has 0 aliphatic carbocycles. The normalized spacial score (nSPS) is 26.9. The summed E-state index contributed by atoms with van der Waals surface area (Å²) in [5, 5.41) is 9.28. The summed E-state index contributed by atoms with van der Waals surface area (Å²) in [4.78, 5) is 13.0. The van der Waals surface area contributed by atoms with Crippen LogP contribution in [-0.2, 0) is 4.79 Å². The van der Waals surface area contributed by atoms with Crippen LogP contribution in [0.2, 0.25) is 0 Å². The fourth-order valence-corrected chi connectivity index (χ4v) is 1.44. The number of nitrogens with zero attached hydrogens (tertiary/aromatic N) is 1. The molecule has 1 fully saturated rings. The van der Waals surface area contributed by atoms with Gasteiger partial charge in [0.1, 0.15) is 0 Å². The largest absolute Gasteiger partial charge is 0.391 e. The molecular weight excluding hydrogens is 156 g/mol. The van der Waals surface area contributed by atoms with Crippen molar-refractivity contribution in [3.05, 3.63) is 0 Å². The highest BCUT2D eigenvalue weighted by atomic mass is 16.3. The fourth-order valence-electron chi connectivity index (χ4n) is 1.44. The van der Waals surface area contributed by atoms with E-state index in [0.29, 0.717) is 6.54 Å². The van der Waals surface area contributed by atoms with E-state index >= 15 is 0 Å². The van der Waals surface area contributed by atoms with Gasteiger partial charge in [0.25, 0.3) is 0 Å². The predicted molar refractivity (Wildman–Crippen MR) is 45.5 cm³/mol. The molecular formula is C8H16N2O2. The molecule has 1 saturated heterocycles. The van der Waals surface area contributed by atoms with Gasteiger partial charge in [0, 0.05) is 13.1 Å². The van der Waals surface area contributed by atoms with Gasteiger partial charge in [0.15, 0.2) is 0 Å². The Morgan fingerprint density at radius 2 is 2.42 bits per heavy atom. The van der Waals surface area contributed by atoms with E-state index in [1.54, 1.807) is 11.8 Å². The van der Waals surface area contributed by atoms with Crippen molar-refractivity contribution >= 4 is 5.91 Å². The molecule has 0 aromatic carbocycles. The molecule has 1 heterocycles. The number of β-amino-alcohol motifs (C(OH)–C–C–N with tert-alkyl or cyclic N) is 1. The first-order valence-electron chi connectivity index (χ1n) is 4.33. The lowest BCUT2D eigenvalue weighted by atomic mass is 10.1. The maximum atomic E-state index is 11.3. The molecule has 0 spiro atoms. The van der Waals surface area contributed by atoms with Gasteiger partial charge in [0.05, 0.1) is 12.1 Å². The zero-order chi connectivity index (χ0) is 9.14. The van der Waals surface area contributed by atoms with Crippen molar-refractivity contribution in [3.8, 4) is 0 Å². The molecule has 70 valence electrons. The number of hydrogen-bond acceptors (Lipinski definition) is 3. The van der Waals surface area contributed by atoms with Gasteiger partial charge in [0.2, 0.25) is 5.91 Å². The van der Waals surface area contributed by atoms with Crippen LogP contribution in [0.5, 0.6) is 0 Å². The Hall–Kier alpha value is -0.610. The minimum atomic E-state index is -0.449. The summed E-state index contributed by atoms with van der Waals surface area (Å²) in [6.45, 7) is 2.85. The van der Waals surface area contributed by atoms with Crippen molar-refractivity contribution in [2.45, 2.75) is 31.9 Å². The summed E-state index contributed by atoms with van der Waals surface area (Å²) in [7, 11) is 0. The minimum Gasteiger partial charge on any atom is -0.391 e. The average Bonchev–Trinajstić information content (AvgIpc) is 2.03. The third kappa shape index (κ3) is 2.19. The van der Waals surface area contributed by atoms with Crippen molar-refractivity contribution in [2.75, 3.05) is 13.1 Å². The number of carbonyl (C=O) groups is 1. The van der Waals surface area contributed by atoms with E-state index in [1.807, 2.05) is 0 Å². The first-order valence-corrected chi connectivity index (χ1v) is 4.33. The van der Waals surface area contributed by atoms with Gasteiger partial charge in [-0.3, -0.25) is 4.79 Å². The summed E-state index contributed by atoms with van der Waals surface area (Å²) in [5.41, 5.74) is 5.44. The lowest BCUT2D eigenvalue weighted by Crippen LogP contribution is -2.48. The summed E-state index contributed by atoms with van der Waals surface area (Å²) in [6.07, 6.45) is 1.31. The van der Waals surface area contributed by atoms with Crippen LogP contribution in [0.4, 0.5) is 0 Å². The second-order valence-electron chi connectivity index (χ2n) is 3.37. The molecule has 0 aromatic rings. The summed E-state index contributed by atoms with van der Waals surface area (Å²) >= 11 is 0. The van der Waals surface area contributed by atoms with Crippen LogP contribution in [-0.4, -0.2) is 41.1 Å². The Bertz CT molecular complexity index is 170. The highest BCUT2D eigenvalue weighted by Crippen LogP contribution is 2.10. The number of carbonyl (C=O) groups excluding carboxylic acids is 1. The van der Waals surface area contributed by atoms with E-state index in [-0.39, 0.29) is 12.0 Å². The van der Waals surface area contributed by atoms with E-state index < -0.39 is 6.04 Å². The van der Waals surface area contributed by atoms with E-state index in [1.165, 1.54) is 0 Å². The zero-order valence-electron chi connectivity index (χ0n) is 7.36. The summed E-state index contributed by atoms with van der Waals surface area (Å²) < 4.78 is 0. The van der Waals surface area contributed by atoms with Crippen molar-refractivity contribution in [2.24, 2.45) is 5.73 Å². The Balaban J connectivity index is 2.46. The maximum Gasteiger partial charge on any atom is 0.239 e. The molecule has 12 heavy (non-hydrogen) atoms. The Kier molecular flexibility index (Phi) is 3.05. The monoisotopic (exact) mass is 172 g/mol.